The highest BCUT2D eigenvalue weighted by Crippen LogP contribution is 2.22. The van der Waals surface area contributed by atoms with Crippen molar-refractivity contribution in [3.05, 3.63) is 18.2 Å². The molecule has 0 aliphatic carbocycles. The number of nitrogens with two attached hydrogens (primary N) is 1. The van der Waals surface area contributed by atoms with Crippen molar-refractivity contribution in [3.63, 3.8) is 0 Å². The number of aryl methyl sites for hydroxylation is 1. The van der Waals surface area contributed by atoms with Crippen molar-refractivity contribution in [2.45, 2.75) is 32.0 Å². The molecule has 0 aromatic carbocycles. The molecule has 1 saturated heterocycles. The van der Waals surface area contributed by atoms with Crippen LogP contribution in [0.5, 0.6) is 0 Å². The fourth-order valence-corrected chi connectivity index (χ4v) is 2.84. The van der Waals surface area contributed by atoms with Crippen molar-refractivity contribution in [2.24, 2.45) is 5.73 Å². The highest BCUT2D eigenvalue weighted by molar-refractivity contribution is 7.99. The molecule has 2 N–H and O–H groups in total. The SMILES string of the molecule is CCCn1ccnc1C(N)C1CSCCO1. The molecule has 2 unspecified atom stereocenters. The van der Waals surface area contributed by atoms with Crippen molar-refractivity contribution in [1.29, 1.82) is 0 Å². The molecule has 0 saturated carbocycles. The van der Waals surface area contributed by atoms with E-state index in [1.807, 2.05) is 24.2 Å². The van der Waals surface area contributed by atoms with Crippen molar-refractivity contribution in [2.75, 3.05) is 18.1 Å². The van der Waals surface area contributed by atoms with E-state index in [1.165, 1.54) is 0 Å². The third kappa shape index (κ3) is 2.59. The number of ether oxygens (including phenoxy) is 1. The average Bonchev–Trinajstić information content (AvgIpc) is 2.78. The lowest BCUT2D eigenvalue weighted by atomic mass is 10.2. The van der Waals surface area contributed by atoms with E-state index in [4.69, 9.17) is 10.5 Å². The summed E-state index contributed by atoms with van der Waals surface area (Å²) < 4.78 is 7.83. The molecule has 4 nitrogen and oxygen atoms in total. The largest absolute Gasteiger partial charge is 0.374 e. The molecule has 0 radical (unpaired) electrons. The van der Waals surface area contributed by atoms with E-state index in [0.29, 0.717) is 0 Å². The molecule has 2 atom stereocenters. The number of aromatic nitrogens is 2. The zero-order valence-corrected chi connectivity index (χ0v) is 10.4. The maximum absolute atomic E-state index is 6.22. The van der Waals surface area contributed by atoms with Crippen LogP contribution in [0.15, 0.2) is 12.4 Å². The van der Waals surface area contributed by atoms with Crippen LogP contribution >= 0.6 is 11.8 Å². The number of imidazole rings is 1. The Balaban J connectivity index is 2.06. The normalized spacial score (nSPS) is 23.2. The molecular weight excluding hydrogens is 222 g/mol. The smallest absolute Gasteiger partial charge is 0.128 e. The van der Waals surface area contributed by atoms with Crippen molar-refractivity contribution in [3.8, 4) is 0 Å². The molecule has 90 valence electrons. The Hall–Kier alpha value is -0.520. The number of thioether (sulfide) groups is 1. The van der Waals surface area contributed by atoms with Gasteiger partial charge in [0.05, 0.1) is 18.8 Å². The fraction of sp³-hybridized carbons (Fsp3) is 0.727. The Morgan fingerprint density at radius 1 is 1.75 bits per heavy atom. The maximum Gasteiger partial charge on any atom is 0.128 e. The monoisotopic (exact) mass is 241 g/mol. The van der Waals surface area contributed by atoms with Gasteiger partial charge in [-0.1, -0.05) is 6.92 Å². The van der Waals surface area contributed by atoms with E-state index in [1.54, 1.807) is 0 Å². The van der Waals surface area contributed by atoms with Gasteiger partial charge in [-0.3, -0.25) is 0 Å². The van der Waals surface area contributed by atoms with Crippen molar-refractivity contribution in [1.82, 2.24) is 9.55 Å². The summed E-state index contributed by atoms with van der Waals surface area (Å²) in [6.07, 6.45) is 5.02. The Bertz CT molecular complexity index is 323. The van der Waals surface area contributed by atoms with E-state index >= 15 is 0 Å². The lowest BCUT2D eigenvalue weighted by molar-refractivity contribution is 0.0540. The Morgan fingerprint density at radius 2 is 2.62 bits per heavy atom. The second-order valence-electron chi connectivity index (χ2n) is 3.99. The molecule has 2 rings (SSSR count). The molecule has 5 heteroatoms. The second kappa shape index (κ2) is 5.70. The first-order valence-electron chi connectivity index (χ1n) is 5.79. The Kier molecular flexibility index (Phi) is 4.26. The molecule has 2 heterocycles. The van der Waals surface area contributed by atoms with Crippen LogP contribution in [0.3, 0.4) is 0 Å². The van der Waals surface area contributed by atoms with Crippen LogP contribution in [0.25, 0.3) is 0 Å². The van der Waals surface area contributed by atoms with Crippen LogP contribution in [0.2, 0.25) is 0 Å². The molecule has 1 aromatic heterocycles. The van der Waals surface area contributed by atoms with Gasteiger partial charge >= 0.3 is 0 Å². The van der Waals surface area contributed by atoms with Gasteiger partial charge in [0.2, 0.25) is 0 Å². The van der Waals surface area contributed by atoms with Gasteiger partial charge in [0.25, 0.3) is 0 Å². The predicted molar refractivity (Wildman–Crippen MR) is 66.5 cm³/mol. The van der Waals surface area contributed by atoms with Crippen LogP contribution in [-0.4, -0.2) is 33.8 Å². The Labute approximate surface area is 101 Å². The molecule has 1 aromatic rings. The summed E-state index contributed by atoms with van der Waals surface area (Å²) in [5.41, 5.74) is 6.22. The highest BCUT2D eigenvalue weighted by atomic mass is 32.2. The molecule has 1 aliphatic heterocycles. The first kappa shape index (κ1) is 12.0. The molecule has 1 fully saturated rings. The fourth-order valence-electron chi connectivity index (χ4n) is 1.93. The topological polar surface area (TPSA) is 53.1 Å². The van der Waals surface area contributed by atoms with Gasteiger partial charge in [0.15, 0.2) is 0 Å². The molecule has 16 heavy (non-hydrogen) atoms. The van der Waals surface area contributed by atoms with Gasteiger partial charge in [-0.05, 0) is 6.42 Å². The van der Waals surface area contributed by atoms with E-state index in [0.717, 1.165) is 36.9 Å². The first-order chi connectivity index (χ1) is 7.83. The van der Waals surface area contributed by atoms with Crippen LogP contribution in [0, 0.1) is 0 Å². The average molecular weight is 241 g/mol. The van der Waals surface area contributed by atoms with Crippen molar-refractivity contribution >= 4 is 11.8 Å². The lowest BCUT2D eigenvalue weighted by Gasteiger charge is -2.27. The number of rotatable bonds is 4. The second-order valence-corrected chi connectivity index (χ2v) is 5.14. The standard InChI is InChI=1S/C11H19N3OS/c1-2-4-14-5-3-13-11(14)10(12)9-8-16-7-6-15-9/h3,5,9-10H,2,4,6-8,12H2,1H3. The minimum absolute atomic E-state index is 0.102. The lowest BCUT2D eigenvalue weighted by Crippen LogP contribution is -2.36. The van der Waals surface area contributed by atoms with E-state index < -0.39 is 0 Å². The highest BCUT2D eigenvalue weighted by Gasteiger charge is 2.26. The predicted octanol–water partition coefficient (Wildman–Crippen LogP) is 1.42. The first-order valence-corrected chi connectivity index (χ1v) is 6.94. The van der Waals surface area contributed by atoms with E-state index in [2.05, 4.69) is 16.5 Å². The van der Waals surface area contributed by atoms with Gasteiger partial charge in [-0.2, -0.15) is 11.8 Å². The third-order valence-corrected chi connectivity index (χ3v) is 3.77. The Morgan fingerprint density at radius 3 is 3.31 bits per heavy atom. The maximum atomic E-state index is 6.22. The number of nitrogens with zero attached hydrogens (tertiary/aromatic N) is 2. The summed E-state index contributed by atoms with van der Waals surface area (Å²) in [5.74, 6) is 3.00. The third-order valence-electron chi connectivity index (χ3n) is 2.75. The summed E-state index contributed by atoms with van der Waals surface area (Å²) >= 11 is 1.91. The van der Waals surface area contributed by atoms with Crippen LogP contribution in [0.1, 0.15) is 25.2 Å². The van der Waals surface area contributed by atoms with Gasteiger partial charge in [0, 0.05) is 30.4 Å². The van der Waals surface area contributed by atoms with Gasteiger partial charge in [-0.15, -0.1) is 0 Å². The zero-order valence-electron chi connectivity index (χ0n) is 9.63. The quantitative estimate of drug-likeness (QED) is 0.866. The summed E-state index contributed by atoms with van der Waals surface area (Å²) in [4.78, 5) is 4.36. The zero-order chi connectivity index (χ0) is 11.4. The van der Waals surface area contributed by atoms with Crippen LogP contribution < -0.4 is 5.73 Å². The van der Waals surface area contributed by atoms with Crippen LogP contribution in [-0.2, 0) is 11.3 Å². The van der Waals surface area contributed by atoms with Gasteiger partial charge < -0.3 is 15.0 Å². The van der Waals surface area contributed by atoms with E-state index in [-0.39, 0.29) is 12.1 Å². The molecule has 0 amide bonds. The van der Waals surface area contributed by atoms with Gasteiger partial charge in [0.1, 0.15) is 5.82 Å². The molecule has 1 aliphatic rings. The minimum atomic E-state index is -0.102. The number of hydrogen-bond donors (Lipinski definition) is 1. The molecule has 0 spiro atoms. The summed E-state index contributed by atoms with van der Waals surface area (Å²) in [6.45, 7) is 3.93. The minimum Gasteiger partial charge on any atom is -0.374 e. The summed E-state index contributed by atoms with van der Waals surface area (Å²) in [7, 11) is 0. The van der Waals surface area contributed by atoms with Crippen LogP contribution in [0.4, 0.5) is 0 Å². The van der Waals surface area contributed by atoms with Gasteiger partial charge in [-0.25, -0.2) is 4.98 Å². The number of hydrogen-bond acceptors (Lipinski definition) is 4. The molecular formula is C11H19N3OS. The van der Waals surface area contributed by atoms with Crippen molar-refractivity contribution < 1.29 is 4.74 Å². The summed E-state index contributed by atoms with van der Waals surface area (Å²) in [5, 5.41) is 0. The van der Waals surface area contributed by atoms with E-state index in [9.17, 15) is 0 Å². The molecule has 0 bridgehead atoms. The summed E-state index contributed by atoms with van der Waals surface area (Å²) in [6, 6.07) is -0.102.